The second kappa shape index (κ2) is 7.86. The van der Waals surface area contributed by atoms with Gasteiger partial charge in [-0.3, -0.25) is 5.43 Å². The molecule has 0 aliphatic carbocycles. The molecule has 0 amide bonds. The van der Waals surface area contributed by atoms with Gasteiger partial charge < -0.3 is 10.4 Å². The third-order valence-corrected chi connectivity index (χ3v) is 4.19. The van der Waals surface area contributed by atoms with Crippen molar-refractivity contribution in [1.29, 1.82) is 0 Å². The number of aromatic nitrogens is 4. The van der Waals surface area contributed by atoms with Crippen LogP contribution in [0.3, 0.4) is 0 Å². The van der Waals surface area contributed by atoms with Gasteiger partial charge in [-0.15, -0.1) is 0 Å². The third-order valence-electron chi connectivity index (χ3n) is 3.66. The van der Waals surface area contributed by atoms with E-state index in [2.05, 4.69) is 40.8 Å². The van der Waals surface area contributed by atoms with Gasteiger partial charge in [0.1, 0.15) is 11.6 Å². The summed E-state index contributed by atoms with van der Waals surface area (Å²) in [5.41, 5.74) is 3.85. The Hall–Kier alpha value is -3.50. The van der Waals surface area contributed by atoms with Crippen LogP contribution in [0.2, 0.25) is 10.0 Å². The normalized spacial score (nSPS) is 11.3. The summed E-state index contributed by atoms with van der Waals surface area (Å²) in [6.07, 6.45) is 1.35. The third kappa shape index (κ3) is 4.18. The number of rotatable bonds is 5. The largest absolute Gasteiger partial charge is 0.507 e. The average molecular weight is 434 g/mol. The van der Waals surface area contributed by atoms with Crippen LogP contribution in [-0.2, 0) is 0 Å². The van der Waals surface area contributed by atoms with Crippen LogP contribution in [0, 0.1) is 5.82 Å². The maximum absolute atomic E-state index is 13.4. The Bertz CT molecular complexity index is 1230. The van der Waals surface area contributed by atoms with E-state index in [1.54, 1.807) is 6.07 Å². The van der Waals surface area contributed by atoms with E-state index in [0.717, 1.165) is 0 Å². The molecule has 0 aliphatic rings. The highest BCUT2D eigenvalue weighted by molar-refractivity contribution is 6.31. The smallest absolute Gasteiger partial charge is 0.245 e. The number of phenols is 1. The molecule has 0 radical (unpaired) electrons. The number of halogens is 3. The van der Waals surface area contributed by atoms with Gasteiger partial charge in [0.25, 0.3) is 0 Å². The van der Waals surface area contributed by atoms with E-state index in [0.29, 0.717) is 16.3 Å². The van der Waals surface area contributed by atoms with Crippen molar-refractivity contribution < 1.29 is 14.1 Å². The molecule has 0 saturated heterocycles. The predicted octanol–water partition coefficient (Wildman–Crippen LogP) is 4.35. The first kappa shape index (κ1) is 18.8. The summed E-state index contributed by atoms with van der Waals surface area (Å²) in [6, 6.07) is 8.61. The lowest BCUT2D eigenvalue weighted by Crippen LogP contribution is -2.03. The molecule has 0 aliphatic heterocycles. The van der Waals surface area contributed by atoms with Crippen molar-refractivity contribution in [3.8, 4) is 5.75 Å². The molecular formula is C17H10Cl2FN7O2. The fraction of sp³-hybridized carbons (Fsp3) is 0. The first-order chi connectivity index (χ1) is 14.0. The molecule has 3 N–H and O–H groups in total. The van der Waals surface area contributed by atoms with Crippen molar-refractivity contribution >= 4 is 58.0 Å². The Labute approximate surface area is 172 Å². The van der Waals surface area contributed by atoms with E-state index in [4.69, 9.17) is 23.2 Å². The molecule has 2 heterocycles. The van der Waals surface area contributed by atoms with Crippen molar-refractivity contribution in [2.45, 2.75) is 0 Å². The molecule has 0 spiro atoms. The molecule has 0 saturated carbocycles. The summed E-state index contributed by atoms with van der Waals surface area (Å²) < 4.78 is 18.0. The Kier molecular flexibility index (Phi) is 5.10. The number of anilines is 3. The monoisotopic (exact) mass is 433 g/mol. The van der Waals surface area contributed by atoms with Crippen molar-refractivity contribution in [1.82, 2.24) is 20.3 Å². The Morgan fingerprint density at radius 2 is 1.79 bits per heavy atom. The molecule has 12 heteroatoms. The fourth-order valence-corrected chi connectivity index (χ4v) is 2.67. The van der Waals surface area contributed by atoms with Gasteiger partial charge in [0.15, 0.2) is 11.6 Å². The number of fused-ring (bicyclic) bond motifs is 1. The van der Waals surface area contributed by atoms with E-state index in [9.17, 15) is 9.50 Å². The minimum absolute atomic E-state index is 0.00138. The number of nitrogens with one attached hydrogen (secondary N) is 2. The second-order valence-electron chi connectivity index (χ2n) is 5.66. The molecule has 29 heavy (non-hydrogen) atoms. The average Bonchev–Trinajstić information content (AvgIpc) is 3.15. The molecule has 146 valence electrons. The predicted molar refractivity (Wildman–Crippen MR) is 106 cm³/mol. The quantitative estimate of drug-likeness (QED) is 0.313. The first-order valence-electron chi connectivity index (χ1n) is 7.99. The molecular weight excluding hydrogens is 424 g/mol. The molecule has 0 fully saturated rings. The SMILES string of the molecule is Oc1ccc(Cl)cc1C=NNc1nc2nonc2nc1Nc1ccc(F)c(Cl)c1. The number of benzene rings is 2. The van der Waals surface area contributed by atoms with E-state index in [1.807, 2.05) is 0 Å². The topological polar surface area (TPSA) is 121 Å². The van der Waals surface area contributed by atoms with Gasteiger partial charge in [-0.1, -0.05) is 23.2 Å². The zero-order chi connectivity index (χ0) is 20.4. The number of nitrogens with zero attached hydrogens (tertiary/aromatic N) is 5. The first-order valence-corrected chi connectivity index (χ1v) is 8.75. The molecule has 0 bridgehead atoms. The molecule has 4 aromatic rings. The van der Waals surface area contributed by atoms with E-state index in [1.165, 1.54) is 36.5 Å². The van der Waals surface area contributed by atoms with Crippen LogP contribution >= 0.6 is 23.2 Å². The van der Waals surface area contributed by atoms with Crippen LogP contribution in [0.25, 0.3) is 11.3 Å². The molecule has 4 rings (SSSR count). The Morgan fingerprint density at radius 3 is 2.55 bits per heavy atom. The lowest BCUT2D eigenvalue weighted by atomic mass is 10.2. The van der Waals surface area contributed by atoms with Crippen LogP contribution in [0.4, 0.5) is 21.7 Å². The van der Waals surface area contributed by atoms with Crippen LogP contribution in [0.5, 0.6) is 5.75 Å². The van der Waals surface area contributed by atoms with Gasteiger partial charge in [0.05, 0.1) is 11.2 Å². The Balaban J connectivity index is 1.65. The van der Waals surface area contributed by atoms with Crippen molar-refractivity contribution in [2.75, 3.05) is 10.7 Å². The number of hydrogen-bond acceptors (Lipinski definition) is 9. The summed E-state index contributed by atoms with van der Waals surface area (Å²) in [6.45, 7) is 0. The van der Waals surface area contributed by atoms with Gasteiger partial charge in [0, 0.05) is 16.3 Å². The molecule has 9 nitrogen and oxygen atoms in total. The van der Waals surface area contributed by atoms with Crippen molar-refractivity contribution in [2.24, 2.45) is 5.10 Å². The zero-order valence-electron chi connectivity index (χ0n) is 14.3. The van der Waals surface area contributed by atoms with E-state index < -0.39 is 5.82 Å². The molecule has 0 unspecified atom stereocenters. The maximum atomic E-state index is 13.4. The minimum atomic E-state index is -0.552. The van der Waals surface area contributed by atoms with Gasteiger partial charge >= 0.3 is 0 Å². The van der Waals surface area contributed by atoms with Crippen LogP contribution in [0.1, 0.15) is 5.56 Å². The van der Waals surface area contributed by atoms with E-state index in [-0.39, 0.29) is 33.7 Å². The van der Waals surface area contributed by atoms with Crippen LogP contribution < -0.4 is 10.7 Å². The van der Waals surface area contributed by atoms with Gasteiger partial charge in [-0.25, -0.2) is 14.0 Å². The highest BCUT2D eigenvalue weighted by Crippen LogP contribution is 2.27. The van der Waals surface area contributed by atoms with Crippen molar-refractivity contribution in [3.63, 3.8) is 0 Å². The molecule has 2 aromatic carbocycles. The highest BCUT2D eigenvalue weighted by Gasteiger charge is 2.13. The number of hydrogen-bond donors (Lipinski definition) is 3. The number of hydrazone groups is 1. The summed E-state index contributed by atoms with van der Waals surface area (Å²) >= 11 is 11.7. The zero-order valence-corrected chi connectivity index (χ0v) is 15.8. The summed E-state index contributed by atoms with van der Waals surface area (Å²) in [7, 11) is 0. The lowest BCUT2D eigenvalue weighted by Gasteiger charge is -2.09. The van der Waals surface area contributed by atoms with Crippen LogP contribution in [0.15, 0.2) is 46.1 Å². The summed E-state index contributed by atoms with van der Waals surface area (Å²) in [5, 5.41) is 24.5. The van der Waals surface area contributed by atoms with Gasteiger partial charge in [-0.2, -0.15) is 10.1 Å². The maximum Gasteiger partial charge on any atom is 0.245 e. The highest BCUT2D eigenvalue weighted by atomic mass is 35.5. The fourth-order valence-electron chi connectivity index (χ4n) is 2.31. The number of aromatic hydroxyl groups is 1. The number of phenolic OH excluding ortho intramolecular Hbond substituents is 1. The van der Waals surface area contributed by atoms with Gasteiger partial charge in [0.2, 0.25) is 11.3 Å². The molecule has 0 atom stereocenters. The van der Waals surface area contributed by atoms with Gasteiger partial charge in [-0.05, 0) is 46.7 Å². The molecule has 2 aromatic heterocycles. The van der Waals surface area contributed by atoms with Crippen LogP contribution in [-0.4, -0.2) is 31.6 Å². The summed E-state index contributed by atoms with van der Waals surface area (Å²) in [5.74, 6) is -0.167. The summed E-state index contributed by atoms with van der Waals surface area (Å²) in [4.78, 5) is 8.48. The lowest BCUT2D eigenvalue weighted by molar-refractivity contribution is 0.314. The Morgan fingerprint density at radius 1 is 1.03 bits per heavy atom. The van der Waals surface area contributed by atoms with Crippen molar-refractivity contribution in [3.05, 3.63) is 57.8 Å². The minimum Gasteiger partial charge on any atom is -0.507 e. The second-order valence-corrected chi connectivity index (χ2v) is 6.50. The van der Waals surface area contributed by atoms with E-state index >= 15 is 0 Å². The standard InChI is InChI=1S/C17H10Cl2FN7O2/c18-9-1-4-13(28)8(5-9)7-21-25-15-14(23-16-17(24-15)27-29-26-16)22-10-2-3-12(20)11(19)6-10/h1-7,28H,(H,22,23,26)(H,24,25,27).